The number of aromatic nitrogens is 2. The molecule has 2 aromatic rings. The van der Waals surface area contributed by atoms with Crippen LogP contribution in [0.4, 0.5) is 0 Å². The first-order chi connectivity index (χ1) is 9.58. The Balaban J connectivity index is 2.58. The molecule has 3 nitrogen and oxygen atoms in total. The smallest absolute Gasteiger partial charge is 0.0675 e. The molecule has 0 spiro atoms. The molecule has 20 heavy (non-hydrogen) atoms. The quantitative estimate of drug-likeness (QED) is 0.900. The van der Waals surface area contributed by atoms with Gasteiger partial charge in [-0.2, -0.15) is 5.10 Å². The van der Waals surface area contributed by atoms with Crippen molar-refractivity contribution in [2.24, 2.45) is 0 Å². The van der Waals surface area contributed by atoms with E-state index in [0.717, 1.165) is 25.2 Å². The Morgan fingerprint density at radius 2 is 1.95 bits per heavy atom. The second-order valence-corrected chi connectivity index (χ2v) is 5.46. The second-order valence-electron chi connectivity index (χ2n) is 5.46. The molecule has 3 heteroatoms. The standard InChI is InChI=1S/C17H25N3/c1-6-9-20-14(4)17(13(3)19-20)16-10-12(2)7-8-15(16)11-18-5/h7-8,10,18H,6,9,11H2,1-5H3. The summed E-state index contributed by atoms with van der Waals surface area (Å²) in [6.45, 7) is 10.5. The third-order valence-electron chi connectivity index (χ3n) is 3.72. The van der Waals surface area contributed by atoms with Crippen molar-refractivity contribution in [2.75, 3.05) is 7.05 Å². The summed E-state index contributed by atoms with van der Waals surface area (Å²) in [5, 5.41) is 7.96. The molecular weight excluding hydrogens is 246 g/mol. The number of nitrogens with zero attached hydrogens (tertiary/aromatic N) is 2. The first-order valence-electron chi connectivity index (χ1n) is 7.37. The predicted octanol–water partition coefficient (Wildman–Crippen LogP) is 3.60. The zero-order chi connectivity index (χ0) is 14.7. The van der Waals surface area contributed by atoms with Gasteiger partial charge in [-0.25, -0.2) is 0 Å². The highest BCUT2D eigenvalue weighted by Crippen LogP contribution is 2.31. The van der Waals surface area contributed by atoms with Crippen LogP contribution in [0.3, 0.4) is 0 Å². The molecule has 0 aliphatic carbocycles. The van der Waals surface area contributed by atoms with Gasteiger partial charge in [-0.05, 0) is 45.4 Å². The third kappa shape index (κ3) is 2.78. The Morgan fingerprint density at radius 1 is 1.20 bits per heavy atom. The molecule has 0 saturated heterocycles. The first-order valence-corrected chi connectivity index (χ1v) is 7.37. The van der Waals surface area contributed by atoms with Gasteiger partial charge in [0.25, 0.3) is 0 Å². The van der Waals surface area contributed by atoms with Crippen LogP contribution >= 0.6 is 0 Å². The first kappa shape index (κ1) is 14.8. The summed E-state index contributed by atoms with van der Waals surface area (Å²) in [4.78, 5) is 0. The van der Waals surface area contributed by atoms with Crippen molar-refractivity contribution in [1.29, 1.82) is 0 Å². The molecule has 1 aromatic heterocycles. The topological polar surface area (TPSA) is 29.9 Å². The van der Waals surface area contributed by atoms with E-state index < -0.39 is 0 Å². The van der Waals surface area contributed by atoms with Crippen LogP contribution in [0.25, 0.3) is 11.1 Å². The fraction of sp³-hybridized carbons (Fsp3) is 0.471. The van der Waals surface area contributed by atoms with E-state index in [1.54, 1.807) is 0 Å². The summed E-state index contributed by atoms with van der Waals surface area (Å²) in [6.07, 6.45) is 1.11. The van der Waals surface area contributed by atoms with E-state index in [0.29, 0.717) is 0 Å². The van der Waals surface area contributed by atoms with Crippen molar-refractivity contribution >= 4 is 0 Å². The van der Waals surface area contributed by atoms with E-state index in [1.807, 2.05) is 7.05 Å². The van der Waals surface area contributed by atoms with Crippen LogP contribution in [-0.4, -0.2) is 16.8 Å². The lowest BCUT2D eigenvalue weighted by Crippen LogP contribution is -2.07. The minimum atomic E-state index is 0.882. The van der Waals surface area contributed by atoms with Crippen molar-refractivity contribution in [3.05, 3.63) is 40.7 Å². The molecule has 0 bridgehead atoms. The maximum Gasteiger partial charge on any atom is 0.0675 e. The molecule has 1 aromatic carbocycles. The highest BCUT2D eigenvalue weighted by atomic mass is 15.3. The van der Waals surface area contributed by atoms with Gasteiger partial charge in [0.2, 0.25) is 0 Å². The van der Waals surface area contributed by atoms with Gasteiger partial charge in [0.15, 0.2) is 0 Å². The maximum absolute atomic E-state index is 4.70. The number of rotatable bonds is 5. The van der Waals surface area contributed by atoms with Gasteiger partial charge in [0.1, 0.15) is 0 Å². The van der Waals surface area contributed by atoms with Gasteiger partial charge in [-0.15, -0.1) is 0 Å². The minimum Gasteiger partial charge on any atom is -0.316 e. The predicted molar refractivity (Wildman–Crippen MR) is 84.9 cm³/mol. The fourth-order valence-corrected chi connectivity index (χ4v) is 2.78. The zero-order valence-corrected chi connectivity index (χ0v) is 13.2. The van der Waals surface area contributed by atoms with Gasteiger partial charge >= 0.3 is 0 Å². The monoisotopic (exact) mass is 271 g/mol. The van der Waals surface area contributed by atoms with Gasteiger partial charge in [0.05, 0.1) is 5.69 Å². The van der Waals surface area contributed by atoms with Crippen LogP contribution in [0.2, 0.25) is 0 Å². The minimum absolute atomic E-state index is 0.882. The molecule has 2 rings (SSSR count). The van der Waals surface area contributed by atoms with Crippen molar-refractivity contribution in [3.8, 4) is 11.1 Å². The lowest BCUT2D eigenvalue weighted by molar-refractivity contribution is 0.583. The number of nitrogens with one attached hydrogen (secondary N) is 1. The highest BCUT2D eigenvalue weighted by molar-refractivity contribution is 5.72. The van der Waals surface area contributed by atoms with Crippen LogP contribution in [0, 0.1) is 20.8 Å². The molecular formula is C17H25N3. The maximum atomic E-state index is 4.70. The summed E-state index contributed by atoms with van der Waals surface area (Å²) in [5.74, 6) is 0. The molecule has 0 saturated carbocycles. The van der Waals surface area contributed by atoms with Crippen molar-refractivity contribution in [2.45, 2.75) is 47.2 Å². The summed E-state index contributed by atoms with van der Waals surface area (Å²) < 4.78 is 2.14. The number of aryl methyl sites for hydroxylation is 3. The highest BCUT2D eigenvalue weighted by Gasteiger charge is 2.16. The van der Waals surface area contributed by atoms with E-state index in [9.17, 15) is 0 Å². The third-order valence-corrected chi connectivity index (χ3v) is 3.72. The van der Waals surface area contributed by atoms with Crippen molar-refractivity contribution < 1.29 is 0 Å². The van der Waals surface area contributed by atoms with E-state index in [2.05, 4.69) is 55.9 Å². The molecule has 0 fully saturated rings. The molecule has 0 radical (unpaired) electrons. The van der Waals surface area contributed by atoms with Gasteiger partial charge in [0, 0.05) is 24.3 Å². The van der Waals surface area contributed by atoms with E-state index in [-0.39, 0.29) is 0 Å². The molecule has 0 amide bonds. The number of benzene rings is 1. The number of hydrogen-bond donors (Lipinski definition) is 1. The average Bonchev–Trinajstić information content (AvgIpc) is 2.68. The van der Waals surface area contributed by atoms with E-state index in [4.69, 9.17) is 5.10 Å². The second kappa shape index (κ2) is 6.23. The fourth-order valence-electron chi connectivity index (χ4n) is 2.78. The van der Waals surface area contributed by atoms with Crippen molar-refractivity contribution in [1.82, 2.24) is 15.1 Å². The van der Waals surface area contributed by atoms with Crippen LogP contribution in [-0.2, 0) is 13.1 Å². The lowest BCUT2D eigenvalue weighted by atomic mass is 9.96. The molecule has 0 unspecified atom stereocenters. The van der Waals surface area contributed by atoms with Gasteiger partial charge < -0.3 is 5.32 Å². The Morgan fingerprint density at radius 3 is 2.60 bits per heavy atom. The Labute approximate surface area is 122 Å². The van der Waals surface area contributed by atoms with Crippen molar-refractivity contribution in [3.63, 3.8) is 0 Å². The molecule has 0 atom stereocenters. The lowest BCUT2D eigenvalue weighted by Gasteiger charge is -2.11. The average molecular weight is 271 g/mol. The molecule has 108 valence electrons. The van der Waals surface area contributed by atoms with Gasteiger partial charge in [-0.1, -0.05) is 30.7 Å². The molecule has 1 heterocycles. The number of hydrogen-bond acceptors (Lipinski definition) is 2. The molecule has 1 N–H and O–H groups in total. The normalized spacial score (nSPS) is 11.1. The summed E-state index contributed by atoms with van der Waals surface area (Å²) in [6, 6.07) is 6.68. The van der Waals surface area contributed by atoms with Crippen LogP contribution in [0.5, 0.6) is 0 Å². The molecule has 0 aliphatic rings. The van der Waals surface area contributed by atoms with E-state index in [1.165, 1.54) is 27.9 Å². The van der Waals surface area contributed by atoms with Crippen LogP contribution in [0.1, 0.15) is 35.9 Å². The Bertz CT molecular complexity index is 597. The zero-order valence-electron chi connectivity index (χ0n) is 13.2. The summed E-state index contributed by atoms with van der Waals surface area (Å²) in [7, 11) is 1.99. The summed E-state index contributed by atoms with van der Waals surface area (Å²) >= 11 is 0. The Hall–Kier alpha value is -1.61. The SMILES string of the molecule is CCCn1nc(C)c(-c2cc(C)ccc2CNC)c1C. The molecule has 0 aliphatic heterocycles. The summed E-state index contributed by atoms with van der Waals surface area (Å²) in [5.41, 5.74) is 7.64. The largest absolute Gasteiger partial charge is 0.316 e. The Kier molecular flexibility index (Phi) is 4.61. The van der Waals surface area contributed by atoms with Crippen LogP contribution in [0.15, 0.2) is 18.2 Å². The van der Waals surface area contributed by atoms with E-state index >= 15 is 0 Å². The van der Waals surface area contributed by atoms with Gasteiger partial charge in [-0.3, -0.25) is 4.68 Å². The van der Waals surface area contributed by atoms with Crippen LogP contribution < -0.4 is 5.32 Å².